The number of benzene rings is 15. The second-order valence-corrected chi connectivity index (χ2v) is 24.0. The molecule has 2 unspecified atom stereocenters. The van der Waals surface area contributed by atoms with Gasteiger partial charge in [-0.1, -0.05) is 328 Å². The fourth-order valence-electron chi connectivity index (χ4n) is 13.3. The number of hydrogen-bond acceptors (Lipinski definition) is 2. The van der Waals surface area contributed by atoms with Crippen LogP contribution in [0.15, 0.2) is 400 Å². The van der Waals surface area contributed by atoms with E-state index in [-0.39, 0.29) is 11.8 Å². The third-order valence-corrected chi connectivity index (χ3v) is 18.2. The zero-order chi connectivity index (χ0) is 62.8. The van der Waals surface area contributed by atoms with Crippen molar-refractivity contribution in [1.29, 1.82) is 0 Å². The molecule has 15 aromatic rings. The Hall–Kier alpha value is -12.1. The van der Waals surface area contributed by atoms with Crippen LogP contribution in [0.4, 0.5) is 34.1 Å². The molecule has 15 rings (SSSR count). The van der Waals surface area contributed by atoms with Gasteiger partial charge in [0.25, 0.3) is 0 Å². The van der Waals surface area contributed by atoms with Crippen LogP contribution in [-0.4, -0.2) is 0 Å². The molecular weight excluding hydrogens is 1130 g/mol. The highest BCUT2D eigenvalue weighted by molar-refractivity contribution is 5.83. The number of rotatable bonds is 18. The minimum absolute atomic E-state index is 0.113. The Morgan fingerprint density at radius 3 is 0.468 bits per heavy atom. The maximum atomic E-state index is 2.33. The maximum Gasteiger partial charge on any atom is 0.0462 e. The summed E-state index contributed by atoms with van der Waals surface area (Å²) in [6.45, 7) is 0. The van der Waals surface area contributed by atoms with Gasteiger partial charge >= 0.3 is 0 Å². The van der Waals surface area contributed by atoms with E-state index in [1.165, 1.54) is 89.0 Å². The monoisotopic (exact) mass is 1200 g/mol. The van der Waals surface area contributed by atoms with Gasteiger partial charge in [0.1, 0.15) is 0 Å². The minimum atomic E-state index is 0.113. The van der Waals surface area contributed by atoms with Crippen LogP contribution >= 0.6 is 0 Å². The zero-order valence-corrected chi connectivity index (χ0v) is 52.2. The van der Waals surface area contributed by atoms with Gasteiger partial charge in [-0.05, 0) is 173 Å². The Morgan fingerprint density at radius 1 is 0.117 bits per heavy atom. The molecule has 0 aliphatic rings. The first-order valence-electron chi connectivity index (χ1n) is 32.4. The van der Waals surface area contributed by atoms with Crippen molar-refractivity contribution in [3.05, 3.63) is 434 Å². The summed E-state index contributed by atoms with van der Waals surface area (Å²) in [6, 6.07) is 145. The second-order valence-electron chi connectivity index (χ2n) is 24.0. The second kappa shape index (κ2) is 27.2. The summed E-state index contributed by atoms with van der Waals surface area (Å²) in [6.07, 6.45) is 0. The molecule has 2 nitrogen and oxygen atoms in total. The molecule has 0 heterocycles. The highest BCUT2D eigenvalue weighted by atomic mass is 15.1. The highest BCUT2D eigenvalue weighted by Gasteiger charge is 2.21. The summed E-state index contributed by atoms with van der Waals surface area (Å²) in [5.41, 5.74) is 28.5. The Kier molecular flexibility index (Phi) is 16.8. The van der Waals surface area contributed by atoms with Crippen molar-refractivity contribution in [1.82, 2.24) is 0 Å². The van der Waals surface area contributed by atoms with Crippen LogP contribution in [0.25, 0.3) is 66.8 Å². The standard InChI is InChI=1S/C92H68N2/c1-7-19-67(20-8-1)69-35-43-81(44-36-69)91(79-23-11-3-12-24-79)83-47-39-73(40-48-83)77-55-63-89(64-56-77)93(85-27-15-5-16-28-85)87-59-51-75(52-60-87)71-31-33-72(34-32-71)76-53-61-88(62-54-76)94(86-29-17-6-18-30-86)90-65-57-78(58-66-90)74-41-49-84(50-42-74)92(80-25-13-4-14-26-80)82-45-37-70(38-46-82)68-21-9-2-10-22-68/h1-66,91-92H. The molecule has 0 saturated heterocycles. The fourth-order valence-corrected chi connectivity index (χ4v) is 13.3. The zero-order valence-electron chi connectivity index (χ0n) is 52.2. The first-order valence-corrected chi connectivity index (χ1v) is 32.4. The van der Waals surface area contributed by atoms with Crippen LogP contribution in [0.3, 0.4) is 0 Å². The Balaban J connectivity index is 0.628. The van der Waals surface area contributed by atoms with E-state index in [0.29, 0.717) is 0 Å². The van der Waals surface area contributed by atoms with Crippen LogP contribution in [0, 0.1) is 0 Å². The number of nitrogens with zero attached hydrogens (tertiary/aromatic N) is 2. The normalized spacial score (nSPS) is 11.7. The van der Waals surface area contributed by atoms with Crippen LogP contribution in [0.5, 0.6) is 0 Å². The minimum Gasteiger partial charge on any atom is -0.311 e. The van der Waals surface area contributed by atoms with Gasteiger partial charge in [-0.15, -0.1) is 0 Å². The van der Waals surface area contributed by atoms with E-state index >= 15 is 0 Å². The van der Waals surface area contributed by atoms with Crippen LogP contribution in [0.1, 0.15) is 45.2 Å². The van der Waals surface area contributed by atoms with Gasteiger partial charge in [-0.2, -0.15) is 0 Å². The molecule has 0 spiro atoms. The maximum absolute atomic E-state index is 2.33. The first kappa shape index (κ1) is 58.3. The molecule has 0 radical (unpaired) electrons. The summed E-state index contributed by atoms with van der Waals surface area (Å²) in [4.78, 5) is 4.67. The van der Waals surface area contributed by atoms with Crippen molar-refractivity contribution < 1.29 is 0 Å². The van der Waals surface area contributed by atoms with Gasteiger partial charge in [0, 0.05) is 46.0 Å². The highest BCUT2D eigenvalue weighted by Crippen LogP contribution is 2.42. The first-order chi connectivity index (χ1) is 46.6. The summed E-state index contributed by atoms with van der Waals surface area (Å²) < 4.78 is 0. The van der Waals surface area contributed by atoms with Gasteiger partial charge in [-0.25, -0.2) is 0 Å². The SMILES string of the molecule is c1ccc(-c2ccc(C(c3ccccc3)c3ccc(-c4ccc(N(c5ccccc5)c5ccc(-c6ccc(-c7ccc(N(c8ccccc8)c8ccc(-c9ccc(C(c%10ccccc%10)c%10ccc(-c%11ccccc%11)cc%10)cc9)cc8)cc7)cc6)cc5)cc4)cc3)cc2)cc1. The quantitative estimate of drug-likeness (QED) is 0.0790. The molecule has 94 heavy (non-hydrogen) atoms. The topological polar surface area (TPSA) is 6.48 Å². The third-order valence-electron chi connectivity index (χ3n) is 18.2. The molecule has 0 fully saturated rings. The van der Waals surface area contributed by atoms with E-state index in [4.69, 9.17) is 0 Å². The number of anilines is 6. The molecule has 0 aromatic heterocycles. The van der Waals surface area contributed by atoms with Crippen molar-refractivity contribution in [2.75, 3.05) is 9.80 Å². The number of para-hydroxylation sites is 2. The molecule has 0 aliphatic carbocycles. The van der Waals surface area contributed by atoms with Crippen molar-refractivity contribution in [2.24, 2.45) is 0 Å². The predicted octanol–water partition coefficient (Wildman–Crippen LogP) is 25.0. The lowest BCUT2D eigenvalue weighted by Gasteiger charge is -2.26. The molecule has 15 aromatic carbocycles. The lowest BCUT2D eigenvalue weighted by molar-refractivity contribution is 0.978. The summed E-state index contributed by atoms with van der Waals surface area (Å²) in [5.74, 6) is 0.225. The van der Waals surface area contributed by atoms with E-state index in [1.807, 2.05) is 0 Å². The van der Waals surface area contributed by atoms with Gasteiger partial charge in [-0.3, -0.25) is 0 Å². The van der Waals surface area contributed by atoms with Crippen molar-refractivity contribution in [2.45, 2.75) is 11.8 Å². The Bertz CT molecular complexity index is 4550. The average Bonchev–Trinajstić information content (AvgIpc) is 2.45. The van der Waals surface area contributed by atoms with Crippen molar-refractivity contribution in [3.8, 4) is 66.8 Å². The molecule has 0 bridgehead atoms. The molecule has 0 N–H and O–H groups in total. The lowest BCUT2D eigenvalue weighted by atomic mass is 9.84. The van der Waals surface area contributed by atoms with Gasteiger partial charge < -0.3 is 9.80 Å². The fraction of sp³-hybridized carbons (Fsp3) is 0.0217. The summed E-state index contributed by atoms with van der Waals surface area (Å²) >= 11 is 0. The molecule has 2 atom stereocenters. The van der Waals surface area contributed by atoms with E-state index in [0.717, 1.165) is 45.3 Å². The number of hydrogen-bond donors (Lipinski definition) is 0. The van der Waals surface area contributed by atoms with E-state index < -0.39 is 0 Å². The Morgan fingerprint density at radius 2 is 0.255 bits per heavy atom. The van der Waals surface area contributed by atoms with Crippen molar-refractivity contribution in [3.63, 3.8) is 0 Å². The molecular formula is C92H68N2. The van der Waals surface area contributed by atoms with Gasteiger partial charge in [0.2, 0.25) is 0 Å². The smallest absolute Gasteiger partial charge is 0.0462 e. The van der Waals surface area contributed by atoms with E-state index in [2.05, 4.69) is 410 Å². The van der Waals surface area contributed by atoms with E-state index in [9.17, 15) is 0 Å². The average molecular weight is 1200 g/mol. The van der Waals surface area contributed by atoms with E-state index in [1.54, 1.807) is 0 Å². The summed E-state index contributed by atoms with van der Waals surface area (Å²) in [5, 5.41) is 0. The Labute approximate surface area is 552 Å². The summed E-state index contributed by atoms with van der Waals surface area (Å²) in [7, 11) is 0. The molecule has 2 heteroatoms. The van der Waals surface area contributed by atoms with Gasteiger partial charge in [0.15, 0.2) is 0 Å². The largest absolute Gasteiger partial charge is 0.311 e. The molecule has 0 aliphatic heterocycles. The molecule has 0 amide bonds. The molecule has 446 valence electrons. The van der Waals surface area contributed by atoms with Crippen molar-refractivity contribution >= 4 is 34.1 Å². The molecule has 0 saturated carbocycles. The van der Waals surface area contributed by atoms with Crippen LogP contribution in [0.2, 0.25) is 0 Å². The van der Waals surface area contributed by atoms with Crippen LogP contribution in [-0.2, 0) is 0 Å². The third kappa shape index (κ3) is 12.7. The van der Waals surface area contributed by atoms with Gasteiger partial charge in [0.05, 0.1) is 0 Å². The predicted molar refractivity (Wildman–Crippen MR) is 396 cm³/mol. The van der Waals surface area contributed by atoms with Crippen LogP contribution < -0.4 is 9.80 Å². The lowest BCUT2D eigenvalue weighted by Crippen LogP contribution is -2.09.